The van der Waals surface area contributed by atoms with Gasteiger partial charge in [-0.05, 0) is 49.7 Å². The molecule has 3 N–H and O–H groups in total. The predicted molar refractivity (Wildman–Crippen MR) is 86.7 cm³/mol. The van der Waals surface area contributed by atoms with Gasteiger partial charge in [0, 0.05) is 25.2 Å². The SMILES string of the molecule is OC1(NCC2CCCC2)C=CC=C(NCC2CCCC2)C1. The molecule has 3 aliphatic rings. The third kappa shape index (κ3) is 4.33. The van der Waals surface area contributed by atoms with E-state index in [4.69, 9.17) is 0 Å². The summed E-state index contributed by atoms with van der Waals surface area (Å²) < 4.78 is 0. The van der Waals surface area contributed by atoms with Crippen molar-refractivity contribution in [2.24, 2.45) is 11.8 Å². The lowest BCUT2D eigenvalue weighted by atomic mass is 9.99. The average molecular weight is 290 g/mol. The molecule has 3 nitrogen and oxygen atoms in total. The molecule has 0 saturated heterocycles. The standard InChI is InChI=1S/C18H30N2O/c21-18(20-14-16-8-3-4-9-16)11-5-10-17(12-18)19-13-15-6-1-2-7-15/h5,10-11,15-16,19-21H,1-4,6-9,12-14H2. The van der Waals surface area contributed by atoms with Crippen molar-refractivity contribution in [1.29, 1.82) is 0 Å². The zero-order chi connectivity index (χ0) is 14.5. The Labute approximate surface area is 128 Å². The minimum absolute atomic E-state index is 0.670. The molecule has 2 saturated carbocycles. The van der Waals surface area contributed by atoms with E-state index in [0.717, 1.165) is 24.9 Å². The third-order valence-corrected chi connectivity index (χ3v) is 5.39. The van der Waals surface area contributed by atoms with Crippen LogP contribution < -0.4 is 10.6 Å². The van der Waals surface area contributed by atoms with Crippen LogP contribution in [0, 0.1) is 11.8 Å². The second-order valence-electron chi connectivity index (χ2n) is 7.21. The van der Waals surface area contributed by atoms with Crippen molar-refractivity contribution < 1.29 is 5.11 Å². The summed E-state index contributed by atoms with van der Waals surface area (Å²) in [4.78, 5) is 0. The van der Waals surface area contributed by atoms with Crippen LogP contribution >= 0.6 is 0 Å². The smallest absolute Gasteiger partial charge is 0.140 e. The Balaban J connectivity index is 1.44. The second-order valence-corrected chi connectivity index (χ2v) is 7.21. The Morgan fingerprint density at radius 1 is 1.00 bits per heavy atom. The summed E-state index contributed by atoms with van der Waals surface area (Å²) in [5.74, 6) is 1.58. The second kappa shape index (κ2) is 6.97. The Kier molecular flexibility index (Phi) is 5.02. The summed E-state index contributed by atoms with van der Waals surface area (Å²) in [6.07, 6.45) is 17.5. The maximum Gasteiger partial charge on any atom is 0.140 e. The van der Waals surface area contributed by atoms with Gasteiger partial charge in [-0.15, -0.1) is 0 Å². The number of aliphatic hydroxyl groups is 1. The van der Waals surface area contributed by atoms with Crippen LogP contribution in [-0.2, 0) is 0 Å². The van der Waals surface area contributed by atoms with E-state index in [-0.39, 0.29) is 0 Å². The first-order valence-electron chi connectivity index (χ1n) is 8.83. The van der Waals surface area contributed by atoms with Gasteiger partial charge in [-0.2, -0.15) is 0 Å². The van der Waals surface area contributed by atoms with Crippen LogP contribution in [-0.4, -0.2) is 23.9 Å². The highest BCUT2D eigenvalue weighted by Gasteiger charge is 2.28. The van der Waals surface area contributed by atoms with Crippen LogP contribution in [0.25, 0.3) is 0 Å². The van der Waals surface area contributed by atoms with Crippen LogP contribution in [0.15, 0.2) is 23.9 Å². The van der Waals surface area contributed by atoms with Crippen LogP contribution in [0.2, 0.25) is 0 Å². The molecule has 3 rings (SSSR count). The van der Waals surface area contributed by atoms with E-state index in [1.165, 1.54) is 57.1 Å². The van der Waals surface area contributed by atoms with Crippen molar-refractivity contribution >= 4 is 0 Å². The van der Waals surface area contributed by atoms with E-state index >= 15 is 0 Å². The monoisotopic (exact) mass is 290 g/mol. The molecule has 0 spiro atoms. The summed E-state index contributed by atoms with van der Waals surface area (Å²) >= 11 is 0. The minimum atomic E-state index is -0.852. The number of hydrogen-bond donors (Lipinski definition) is 3. The molecule has 1 atom stereocenters. The van der Waals surface area contributed by atoms with Gasteiger partial charge in [0.15, 0.2) is 0 Å². The first-order valence-corrected chi connectivity index (χ1v) is 8.83. The number of allylic oxidation sites excluding steroid dienone is 2. The van der Waals surface area contributed by atoms with Crippen molar-refractivity contribution in [3.05, 3.63) is 23.9 Å². The molecule has 0 heterocycles. The quantitative estimate of drug-likeness (QED) is 0.659. The third-order valence-electron chi connectivity index (χ3n) is 5.39. The highest BCUT2D eigenvalue weighted by molar-refractivity contribution is 5.23. The summed E-state index contributed by atoms with van der Waals surface area (Å²) in [6.45, 7) is 2.01. The highest BCUT2D eigenvalue weighted by atomic mass is 16.3. The van der Waals surface area contributed by atoms with E-state index in [2.05, 4.69) is 16.7 Å². The van der Waals surface area contributed by atoms with Crippen molar-refractivity contribution in [1.82, 2.24) is 10.6 Å². The van der Waals surface area contributed by atoms with Crippen molar-refractivity contribution in [2.75, 3.05) is 13.1 Å². The van der Waals surface area contributed by atoms with Crippen LogP contribution in [0.4, 0.5) is 0 Å². The van der Waals surface area contributed by atoms with Crippen molar-refractivity contribution in [2.45, 2.75) is 63.5 Å². The molecular weight excluding hydrogens is 260 g/mol. The van der Waals surface area contributed by atoms with Crippen molar-refractivity contribution in [3.8, 4) is 0 Å². The Morgan fingerprint density at radius 3 is 2.29 bits per heavy atom. The largest absolute Gasteiger partial charge is 0.388 e. The van der Waals surface area contributed by atoms with Gasteiger partial charge >= 0.3 is 0 Å². The molecule has 0 aromatic carbocycles. The maximum absolute atomic E-state index is 10.7. The molecular formula is C18H30N2O. The Bertz CT molecular complexity index is 392. The molecule has 0 bridgehead atoms. The fourth-order valence-corrected chi connectivity index (χ4v) is 4.00. The van der Waals surface area contributed by atoms with E-state index in [0.29, 0.717) is 6.42 Å². The average Bonchev–Trinajstić information content (AvgIpc) is 3.17. The number of hydrogen-bond acceptors (Lipinski definition) is 3. The zero-order valence-electron chi connectivity index (χ0n) is 13.1. The van der Waals surface area contributed by atoms with Gasteiger partial charge in [0.05, 0.1) is 0 Å². The molecule has 0 aliphatic heterocycles. The zero-order valence-corrected chi connectivity index (χ0v) is 13.1. The fourth-order valence-electron chi connectivity index (χ4n) is 4.00. The van der Waals surface area contributed by atoms with Gasteiger partial charge in [0.25, 0.3) is 0 Å². The van der Waals surface area contributed by atoms with E-state index < -0.39 is 5.72 Å². The topological polar surface area (TPSA) is 44.3 Å². The van der Waals surface area contributed by atoms with Crippen LogP contribution in [0.1, 0.15) is 57.8 Å². The molecule has 118 valence electrons. The molecule has 0 amide bonds. The molecule has 0 aromatic rings. The first-order chi connectivity index (χ1) is 10.2. The minimum Gasteiger partial charge on any atom is -0.388 e. The fraction of sp³-hybridized carbons (Fsp3) is 0.778. The van der Waals surface area contributed by atoms with E-state index in [9.17, 15) is 5.11 Å². The molecule has 3 aliphatic carbocycles. The first kappa shape index (κ1) is 15.1. The van der Waals surface area contributed by atoms with Gasteiger partial charge in [-0.3, -0.25) is 5.32 Å². The van der Waals surface area contributed by atoms with Crippen molar-refractivity contribution in [3.63, 3.8) is 0 Å². The van der Waals surface area contributed by atoms with Gasteiger partial charge < -0.3 is 10.4 Å². The lowest BCUT2D eigenvalue weighted by molar-refractivity contribution is 0.0474. The molecule has 0 aromatic heterocycles. The maximum atomic E-state index is 10.7. The lowest BCUT2D eigenvalue weighted by Gasteiger charge is -2.31. The molecule has 3 heteroatoms. The van der Waals surface area contributed by atoms with Gasteiger partial charge in [-0.1, -0.05) is 31.8 Å². The molecule has 1 unspecified atom stereocenters. The summed E-state index contributed by atoms with van der Waals surface area (Å²) in [7, 11) is 0. The lowest BCUT2D eigenvalue weighted by Crippen LogP contribution is -2.47. The highest BCUT2D eigenvalue weighted by Crippen LogP contribution is 2.27. The molecule has 21 heavy (non-hydrogen) atoms. The van der Waals surface area contributed by atoms with E-state index in [1.54, 1.807) is 0 Å². The van der Waals surface area contributed by atoms with Crippen LogP contribution in [0.3, 0.4) is 0 Å². The summed E-state index contributed by atoms with van der Waals surface area (Å²) in [5.41, 5.74) is 0.320. The van der Waals surface area contributed by atoms with E-state index in [1.807, 2.05) is 12.2 Å². The summed E-state index contributed by atoms with van der Waals surface area (Å²) in [6, 6.07) is 0. The Hall–Kier alpha value is -0.800. The predicted octanol–water partition coefficient (Wildman–Crippen LogP) is 3.08. The molecule has 2 fully saturated rings. The summed E-state index contributed by atoms with van der Waals surface area (Å²) in [5, 5.41) is 17.7. The number of nitrogens with one attached hydrogen (secondary N) is 2. The van der Waals surface area contributed by atoms with Gasteiger partial charge in [0.2, 0.25) is 0 Å². The van der Waals surface area contributed by atoms with Crippen LogP contribution in [0.5, 0.6) is 0 Å². The molecule has 0 radical (unpaired) electrons. The van der Waals surface area contributed by atoms with Gasteiger partial charge in [0.1, 0.15) is 5.72 Å². The normalized spacial score (nSPS) is 30.8. The number of rotatable bonds is 6. The van der Waals surface area contributed by atoms with Gasteiger partial charge in [-0.25, -0.2) is 0 Å². The Morgan fingerprint density at radius 2 is 1.62 bits per heavy atom.